The maximum Gasteiger partial charge on any atom is 0.253 e. The van der Waals surface area contributed by atoms with Gasteiger partial charge in [0.05, 0.1) is 12.7 Å². The van der Waals surface area contributed by atoms with E-state index >= 15 is 0 Å². The second-order valence-corrected chi connectivity index (χ2v) is 6.90. The van der Waals surface area contributed by atoms with Crippen LogP contribution in [0.1, 0.15) is 37.6 Å². The first-order valence-corrected chi connectivity index (χ1v) is 8.39. The Morgan fingerprint density at radius 2 is 2.20 bits per heavy atom. The summed E-state index contributed by atoms with van der Waals surface area (Å²) in [6, 6.07) is 3.61. The predicted molar refractivity (Wildman–Crippen MR) is 90.9 cm³/mol. The fraction of sp³-hybridized carbons (Fsp3) is 0.529. The normalized spacial score (nSPS) is 20.4. The van der Waals surface area contributed by atoms with Crippen LogP contribution in [0, 0.1) is 6.92 Å². The van der Waals surface area contributed by atoms with Gasteiger partial charge >= 0.3 is 0 Å². The van der Waals surface area contributed by atoms with Crippen molar-refractivity contribution in [3.05, 3.63) is 46.1 Å². The minimum Gasteiger partial charge on any atom is -0.381 e. The van der Waals surface area contributed by atoms with Crippen LogP contribution in [0.3, 0.4) is 0 Å². The molecule has 0 spiro atoms. The monoisotopic (exact) mass is 345 g/mol. The molecule has 1 N–H and O–H groups in total. The second-order valence-electron chi connectivity index (χ2n) is 6.90. The van der Waals surface area contributed by atoms with Crippen molar-refractivity contribution in [3.63, 3.8) is 0 Å². The van der Waals surface area contributed by atoms with Crippen LogP contribution in [0.15, 0.2) is 29.3 Å². The molecule has 0 unspecified atom stereocenters. The van der Waals surface area contributed by atoms with Gasteiger partial charge in [-0.25, -0.2) is 4.68 Å². The van der Waals surface area contributed by atoms with E-state index in [9.17, 15) is 14.7 Å². The van der Waals surface area contributed by atoms with Gasteiger partial charge in [-0.3, -0.25) is 9.59 Å². The third-order valence-electron chi connectivity index (χ3n) is 4.63. The third kappa shape index (κ3) is 3.34. The number of carbonyl (C=O) groups excluding carboxylic acids is 1. The highest BCUT2D eigenvalue weighted by atomic mass is 16.3. The zero-order valence-corrected chi connectivity index (χ0v) is 14.7. The molecule has 1 aliphatic rings. The number of nitrogens with zero attached hydrogens (tertiary/aromatic N) is 5. The van der Waals surface area contributed by atoms with Gasteiger partial charge in [-0.05, 0) is 26.8 Å². The summed E-state index contributed by atoms with van der Waals surface area (Å²) in [7, 11) is 0. The maximum absolute atomic E-state index is 12.5. The number of aryl methyl sites for hydroxylation is 1. The summed E-state index contributed by atoms with van der Waals surface area (Å²) >= 11 is 0. The van der Waals surface area contributed by atoms with E-state index in [-0.39, 0.29) is 30.6 Å². The molecular formula is C17H23N5O3. The molecule has 3 heterocycles. The smallest absolute Gasteiger partial charge is 0.253 e. The number of rotatable bonds is 4. The molecule has 1 atom stereocenters. The van der Waals surface area contributed by atoms with E-state index in [1.807, 2.05) is 13.8 Å². The highest BCUT2D eigenvalue weighted by Crippen LogP contribution is 2.30. The zero-order valence-electron chi connectivity index (χ0n) is 14.7. The first kappa shape index (κ1) is 17.3. The van der Waals surface area contributed by atoms with Crippen LogP contribution in [-0.4, -0.2) is 48.6 Å². The lowest BCUT2D eigenvalue weighted by Gasteiger charge is -2.21. The zero-order chi connectivity index (χ0) is 18.2. The molecule has 0 aromatic carbocycles. The summed E-state index contributed by atoms with van der Waals surface area (Å²) in [5, 5.41) is 19.0. The lowest BCUT2D eigenvalue weighted by atomic mass is 10.00. The van der Waals surface area contributed by atoms with E-state index in [4.69, 9.17) is 0 Å². The lowest BCUT2D eigenvalue weighted by molar-refractivity contribution is -0.131. The molecule has 0 bridgehead atoms. The molecule has 3 rings (SSSR count). The Bertz CT molecular complexity index is 841. The molecule has 134 valence electrons. The predicted octanol–water partition coefficient (Wildman–Crippen LogP) is 0.449. The Labute approximate surface area is 145 Å². The SMILES string of the molecule is Cc1cccn(CC(=O)N2CC[C@](O)(c3cn(C(C)C)nn3)C2)c1=O. The highest BCUT2D eigenvalue weighted by molar-refractivity contribution is 5.76. The molecule has 0 aliphatic carbocycles. The summed E-state index contributed by atoms with van der Waals surface area (Å²) < 4.78 is 3.08. The Kier molecular flexibility index (Phi) is 4.47. The quantitative estimate of drug-likeness (QED) is 0.868. The maximum atomic E-state index is 12.5. The van der Waals surface area contributed by atoms with Gasteiger partial charge in [0.15, 0.2) is 0 Å². The summed E-state index contributed by atoms with van der Waals surface area (Å²) in [6.45, 7) is 6.22. The molecule has 1 saturated heterocycles. The number of likely N-dealkylation sites (tertiary alicyclic amines) is 1. The highest BCUT2D eigenvalue weighted by Gasteiger charge is 2.41. The first-order valence-electron chi connectivity index (χ1n) is 8.39. The van der Waals surface area contributed by atoms with Crippen LogP contribution in [0.5, 0.6) is 0 Å². The Balaban J connectivity index is 1.72. The number of pyridine rings is 1. The fourth-order valence-corrected chi connectivity index (χ4v) is 2.99. The Morgan fingerprint density at radius 3 is 2.88 bits per heavy atom. The molecule has 2 aromatic heterocycles. The minimum absolute atomic E-state index is 0.0325. The minimum atomic E-state index is -1.19. The summed E-state index contributed by atoms with van der Waals surface area (Å²) in [6.07, 6.45) is 3.73. The van der Waals surface area contributed by atoms with Crippen molar-refractivity contribution in [3.8, 4) is 0 Å². The van der Waals surface area contributed by atoms with Gasteiger partial charge in [-0.1, -0.05) is 11.3 Å². The van der Waals surface area contributed by atoms with Crippen molar-refractivity contribution in [2.75, 3.05) is 13.1 Å². The van der Waals surface area contributed by atoms with Crippen LogP contribution in [-0.2, 0) is 16.9 Å². The molecule has 0 saturated carbocycles. The van der Waals surface area contributed by atoms with Crippen molar-refractivity contribution in [2.45, 2.75) is 45.4 Å². The van der Waals surface area contributed by atoms with Crippen molar-refractivity contribution in [1.82, 2.24) is 24.5 Å². The van der Waals surface area contributed by atoms with Gasteiger partial charge in [0, 0.05) is 30.8 Å². The summed E-state index contributed by atoms with van der Waals surface area (Å²) in [4.78, 5) is 26.2. The van der Waals surface area contributed by atoms with Crippen molar-refractivity contribution in [2.24, 2.45) is 0 Å². The Hall–Kier alpha value is -2.48. The fourth-order valence-electron chi connectivity index (χ4n) is 2.99. The molecule has 1 fully saturated rings. The van der Waals surface area contributed by atoms with E-state index in [2.05, 4.69) is 10.3 Å². The van der Waals surface area contributed by atoms with Gasteiger partial charge in [0.2, 0.25) is 5.91 Å². The number of hydrogen-bond donors (Lipinski definition) is 1. The summed E-state index contributed by atoms with van der Waals surface area (Å²) in [5.74, 6) is -0.195. The van der Waals surface area contributed by atoms with Crippen LogP contribution in [0.4, 0.5) is 0 Å². The number of β-amino-alcohol motifs (C(OH)–C–C–N with tert-alkyl or cyclic N) is 1. The van der Waals surface area contributed by atoms with Crippen LogP contribution in [0.25, 0.3) is 0 Å². The molecule has 1 aliphatic heterocycles. The molecule has 8 nitrogen and oxygen atoms in total. The van der Waals surface area contributed by atoms with Crippen molar-refractivity contribution < 1.29 is 9.90 Å². The second kappa shape index (κ2) is 6.44. The van der Waals surface area contributed by atoms with Gasteiger partial charge in [-0.2, -0.15) is 0 Å². The van der Waals surface area contributed by atoms with Gasteiger partial charge < -0.3 is 14.6 Å². The third-order valence-corrected chi connectivity index (χ3v) is 4.63. The molecule has 1 amide bonds. The largest absolute Gasteiger partial charge is 0.381 e. The van der Waals surface area contributed by atoms with Crippen LogP contribution < -0.4 is 5.56 Å². The number of hydrogen-bond acceptors (Lipinski definition) is 5. The van der Waals surface area contributed by atoms with E-state index in [0.717, 1.165) is 0 Å². The molecular weight excluding hydrogens is 322 g/mol. The van der Waals surface area contributed by atoms with Gasteiger partial charge in [0.1, 0.15) is 17.8 Å². The standard InChI is InChI=1S/C17H23N5O3/c1-12(2)22-9-14(18-19-22)17(25)6-8-21(11-17)15(23)10-20-7-4-5-13(3)16(20)24/h4-5,7,9,12,25H,6,8,10-11H2,1-3H3/t17-/m1/s1. The number of aliphatic hydroxyl groups is 1. The van der Waals surface area contributed by atoms with E-state index in [0.29, 0.717) is 24.2 Å². The van der Waals surface area contributed by atoms with Gasteiger partial charge in [-0.15, -0.1) is 5.10 Å². The Morgan fingerprint density at radius 1 is 1.44 bits per heavy atom. The number of carbonyl (C=O) groups is 1. The number of amides is 1. The lowest BCUT2D eigenvalue weighted by Crippen LogP contribution is -2.38. The van der Waals surface area contributed by atoms with Gasteiger partial charge in [0.25, 0.3) is 5.56 Å². The summed E-state index contributed by atoms with van der Waals surface area (Å²) in [5.41, 5.74) is -0.298. The molecule has 2 aromatic rings. The molecule has 0 radical (unpaired) electrons. The van der Waals surface area contributed by atoms with E-state index in [1.165, 1.54) is 4.57 Å². The average Bonchev–Trinajstić information content (AvgIpc) is 3.20. The topological polar surface area (TPSA) is 93.2 Å². The van der Waals surface area contributed by atoms with Crippen molar-refractivity contribution >= 4 is 5.91 Å². The average molecular weight is 345 g/mol. The van der Waals surface area contributed by atoms with Crippen molar-refractivity contribution in [1.29, 1.82) is 0 Å². The first-order chi connectivity index (χ1) is 11.8. The number of aromatic nitrogens is 4. The van der Waals surface area contributed by atoms with Crippen LogP contribution in [0.2, 0.25) is 0 Å². The van der Waals surface area contributed by atoms with Crippen LogP contribution >= 0.6 is 0 Å². The molecule has 8 heteroatoms. The molecule has 25 heavy (non-hydrogen) atoms. The van der Waals surface area contributed by atoms with E-state index in [1.54, 1.807) is 41.0 Å². The van der Waals surface area contributed by atoms with E-state index < -0.39 is 5.60 Å².